The van der Waals surface area contributed by atoms with E-state index in [1.54, 1.807) is 6.07 Å². The van der Waals surface area contributed by atoms with Crippen LogP contribution in [0.4, 0.5) is 0 Å². The standard InChI is InChI=1S/C9H12N4O2/c1-2-7(14)3-6-4-8-11-12-9(15)13(8)5-10-6/h4-5,7,14H,2-3H2,1H3,(H,12,15). The van der Waals surface area contributed by atoms with Gasteiger partial charge in [-0.2, -0.15) is 5.10 Å². The van der Waals surface area contributed by atoms with Crippen LogP contribution in [0.1, 0.15) is 19.0 Å². The Hall–Kier alpha value is -1.69. The maximum atomic E-state index is 11.1. The number of aliphatic hydroxyl groups is 1. The fourth-order valence-electron chi connectivity index (χ4n) is 1.35. The number of aromatic nitrogens is 4. The van der Waals surface area contributed by atoms with Gasteiger partial charge in [-0.25, -0.2) is 19.3 Å². The van der Waals surface area contributed by atoms with E-state index in [9.17, 15) is 9.90 Å². The molecule has 0 aromatic carbocycles. The number of H-pyrrole nitrogens is 1. The molecule has 0 saturated carbocycles. The van der Waals surface area contributed by atoms with E-state index < -0.39 is 6.10 Å². The van der Waals surface area contributed by atoms with E-state index in [0.717, 1.165) is 5.69 Å². The van der Waals surface area contributed by atoms with Crippen molar-refractivity contribution in [2.45, 2.75) is 25.9 Å². The highest BCUT2D eigenvalue weighted by atomic mass is 16.3. The van der Waals surface area contributed by atoms with Crippen LogP contribution in [-0.4, -0.2) is 30.8 Å². The van der Waals surface area contributed by atoms with Crippen LogP contribution in [-0.2, 0) is 6.42 Å². The lowest BCUT2D eigenvalue weighted by atomic mass is 10.1. The second kappa shape index (κ2) is 3.82. The number of nitrogens with zero attached hydrogens (tertiary/aromatic N) is 3. The topological polar surface area (TPSA) is 83.3 Å². The van der Waals surface area contributed by atoms with Crippen molar-refractivity contribution in [2.24, 2.45) is 0 Å². The predicted molar refractivity (Wildman–Crippen MR) is 53.6 cm³/mol. The fourth-order valence-corrected chi connectivity index (χ4v) is 1.35. The molecule has 0 aliphatic heterocycles. The molecular weight excluding hydrogens is 196 g/mol. The Kier molecular flexibility index (Phi) is 2.51. The van der Waals surface area contributed by atoms with E-state index in [1.165, 1.54) is 10.7 Å². The Bertz CT molecular complexity index is 516. The maximum Gasteiger partial charge on any atom is 0.348 e. The third-order valence-electron chi connectivity index (χ3n) is 2.28. The summed E-state index contributed by atoms with van der Waals surface area (Å²) in [7, 11) is 0. The third-order valence-corrected chi connectivity index (χ3v) is 2.28. The number of nitrogens with one attached hydrogen (secondary N) is 1. The first-order valence-corrected chi connectivity index (χ1v) is 4.80. The lowest BCUT2D eigenvalue weighted by Gasteiger charge is -2.05. The van der Waals surface area contributed by atoms with E-state index in [4.69, 9.17) is 0 Å². The van der Waals surface area contributed by atoms with Crippen molar-refractivity contribution in [3.63, 3.8) is 0 Å². The molecule has 2 aromatic rings. The largest absolute Gasteiger partial charge is 0.393 e. The highest BCUT2D eigenvalue weighted by Gasteiger charge is 2.06. The number of hydrogen-bond donors (Lipinski definition) is 2. The molecule has 6 nitrogen and oxygen atoms in total. The quantitative estimate of drug-likeness (QED) is 0.727. The molecule has 2 aromatic heterocycles. The molecule has 1 unspecified atom stereocenters. The minimum Gasteiger partial charge on any atom is -0.393 e. The van der Waals surface area contributed by atoms with Crippen molar-refractivity contribution in [2.75, 3.05) is 0 Å². The first-order chi connectivity index (χ1) is 7.20. The monoisotopic (exact) mass is 208 g/mol. The second-order valence-corrected chi connectivity index (χ2v) is 3.40. The summed E-state index contributed by atoms with van der Waals surface area (Å²) in [5.74, 6) is 0. The maximum absolute atomic E-state index is 11.1. The van der Waals surface area contributed by atoms with Crippen LogP contribution in [0.25, 0.3) is 5.65 Å². The Balaban J connectivity index is 2.35. The molecule has 0 amide bonds. The molecule has 15 heavy (non-hydrogen) atoms. The van der Waals surface area contributed by atoms with Crippen LogP contribution in [0.5, 0.6) is 0 Å². The number of fused-ring (bicyclic) bond motifs is 1. The molecule has 80 valence electrons. The Morgan fingerprint density at radius 2 is 2.47 bits per heavy atom. The van der Waals surface area contributed by atoms with E-state index in [0.29, 0.717) is 18.5 Å². The molecule has 0 aliphatic carbocycles. The van der Waals surface area contributed by atoms with E-state index >= 15 is 0 Å². The summed E-state index contributed by atoms with van der Waals surface area (Å²) < 4.78 is 1.32. The fraction of sp³-hybridized carbons (Fsp3) is 0.444. The summed E-state index contributed by atoms with van der Waals surface area (Å²) in [4.78, 5) is 15.2. The first-order valence-electron chi connectivity index (χ1n) is 4.80. The molecule has 0 fully saturated rings. The SMILES string of the molecule is CCC(O)Cc1cc2n[nH]c(=O)n2cn1. The van der Waals surface area contributed by atoms with Crippen molar-refractivity contribution in [3.05, 3.63) is 28.6 Å². The summed E-state index contributed by atoms with van der Waals surface area (Å²) in [6.45, 7) is 1.90. The van der Waals surface area contributed by atoms with Crippen LogP contribution in [0.3, 0.4) is 0 Å². The van der Waals surface area contributed by atoms with Gasteiger partial charge in [-0.1, -0.05) is 6.92 Å². The zero-order valence-corrected chi connectivity index (χ0v) is 8.34. The van der Waals surface area contributed by atoms with Crippen LogP contribution in [0.2, 0.25) is 0 Å². The summed E-state index contributed by atoms with van der Waals surface area (Å²) in [5.41, 5.74) is 0.948. The predicted octanol–water partition coefficient (Wildman–Crippen LogP) is -0.269. The highest BCUT2D eigenvalue weighted by molar-refractivity contribution is 5.36. The minimum absolute atomic E-state index is 0.305. The normalized spacial score (nSPS) is 13.2. The van der Waals surface area contributed by atoms with Crippen molar-refractivity contribution in [3.8, 4) is 0 Å². The van der Waals surface area contributed by atoms with Gasteiger partial charge in [0.2, 0.25) is 0 Å². The van der Waals surface area contributed by atoms with Gasteiger partial charge in [-0.15, -0.1) is 0 Å². The molecule has 2 rings (SSSR count). The van der Waals surface area contributed by atoms with E-state index in [1.807, 2.05) is 6.92 Å². The van der Waals surface area contributed by atoms with Crippen LogP contribution >= 0.6 is 0 Å². The minimum atomic E-state index is -0.398. The average molecular weight is 208 g/mol. The molecule has 0 bridgehead atoms. The summed E-state index contributed by atoms with van der Waals surface area (Å²) in [6.07, 6.45) is 2.18. The first kappa shape index (κ1) is 9.85. The Labute approximate surface area is 85.6 Å². The molecular formula is C9H12N4O2. The van der Waals surface area contributed by atoms with E-state index in [2.05, 4.69) is 15.2 Å². The Morgan fingerprint density at radius 1 is 1.67 bits per heavy atom. The molecule has 2 heterocycles. The van der Waals surface area contributed by atoms with E-state index in [-0.39, 0.29) is 5.69 Å². The number of aliphatic hydroxyl groups excluding tert-OH is 1. The van der Waals surface area contributed by atoms with Crippen molar-refractivity contribution >= 4 is 5.65 Å². The van der Waals surface area contributed by atoms with Gasteiger partial charge >= 0.3 is 5.69 Å². The second-order valence-electron chi connectivity index (χ2n) is 3.40. The van der Waals surface area contributed by atoms with Gasteiger partial charge in [0, 0.05) is 18.2 Å². The highest BCUT2D eigenvalue weighted by Crippen LogP contribution is 2.04. The number of rotatable bonds is 3. The smallest absolute Gasteiger partial charge is 0.348 e. The van der Waals surface area contributed by atoms with Crippen molar-refractivity contribution < 1.29 is 5.11 Å². The van der Waals surface area contributed by atoms with Gasteiger partial charge in [0.05, 0.1) is 6.10 Å². The van der Waals surface area contributed by atoms with Gasteiger partial charge in [-0.3, -0.25) is 0 Å². The van der Waals surface area contributed by atoms with Crippen LogP contribution in [0.15, 0.2) is 17.2 Å². The van der Waals surface area contributed by atoms with Crippen LogP contribution < -0.4 is 5.69 Å². The van der Waals surface area contributed by atoms with Crippen LogP contribution in [0, 0.1) is 0 Å². The lowest BCUT2D eigenvalue weighted by Crippen LogP contribution is -2.12. The molecule has 1 atom stereocenters. The van der Waals surface area contributed by atoms with Gasteiger partial charge < -0.3 is 5.11 Å². The van der Waals surface area contributed by atoms with Crippen molar-refractivity contribution in [1.82, 2.24) is 19.6 Å². The molecule has 6 heteroatoms. The summed E-state index contributed by atoms with van der Waals surface area (Å²) in [5, 5.41) is 15.6. The molecule has 0 aliphatic rings. The number of aromatic amines is 1. The molecule has 0 spiro atoms. The van der Waals surface area contributed by atoms with Gasteiger partial charge in [-0.05, 0) is 6.42 Å². The number of hydrogen-bond acceptors (Lipinski definition) is 4. The zero-order valence-electron chi connectivity index (χ0n) is 8.34. The van der Waals surface area contributed by atoms with Crippen molar-refractivity contribution in [1.29, 1.82) is 0 Å². The zero-order chi connectivity index (χ0) is 10.8. The molecule has 0 radical (unpaired) electrons. The summed E-state index contributed by atoms with van der Waals surface area (Å²) in [6, 6.07) is 1.69. The van der Waals surface area contributed by atoms with Gasteiger partial charge in [0.1, 0.15) is 6.33 Å². The lowest BCUT2D eigenvalue weighted by molar-refractivity contribution is 0.169. The van der Waals surface area contributed by atoms with Gasteiger partial charge in [0.25, 0.3) is 0 Å². The average Bonchev–Trinajstić information content (AvgIpc) is 2.60. The molecule has 0 saturated heterocycles. The molecule has 2 N–H and O–H groups in total. The van der Waals surface area contributed by atoms with Gasteiger partial charge in [0.15, 0.2) is 5.65 Å². The third kappa shape index (κ3) is 1.89. The Morgan fingerprint density at radius 3 is 3.20 bits per heavy atom. The summed E-state index contributed by atoms with van der Waals surface area (Å²) >= 11 is 0.